The van der Waals surface area contributed by atoms with Crippen molar-refractivity contribution in [1.82, 2.24) is 10.1 Å². The van der Waals surface area contributed by atoms with E-state index in [0.717, 1.165) is 32.1 Å². The van der Waals surface area contributed by atoms with Crippen molar-refractivity contribution in [3.63, 3.8) is 0 Å². The highest BCUT2D eigenvalue weighted by Crippen LogP contribution is 2.30. The molecule has 18 heavy (non-hydrogen) atoms. The number of aromatic nitrogens is 2. The molecular formula is C13H25N3O2. The number of ether oxygens (including phenoxy) is 1. The Morgan fingerprint density at radius 1 is 1.33 bits per heavy atom. The smallest absolute Gasteiger partial charge is 0.243 e. The van der Waals surface area contributed by atoms with Crippen molar-refractivity contribution in [3.8, 4) is 0 Å². The molecule has 0 aliphatic carbocycles. The van der Waals surface area contributed by atoms with Crippen molar-refractivity contribution < 1.29 is 9.26 Å². The van der Waals surface area contributed by atoms with Crippen molar-refractivity contribution >= 4 is 0 Å². The summed E-state index contributed by atoms with van der Waals surface area (Å²) >= 11 is 0. The van der Waals surface area contributed by atoms with E-state index in [4.69, 9.17) is 15.0 Å². The number of rotatable bonds is 8. The van der Waals surface area contributed by atoms with Crippen molar-refractivity contribution in [2.24, 2.45) is 5.73 Å². The van der Waals surface area contributed by atoms with E-state index in [9.17, 15) is 0 Å². The summed E-state index contributed by atoms with van der Waals surface area (Å²) in [7, 11) is 1.68. The van der Waals surface area contributed by atoms with Gasteiger partial charge in [-0.3, -0.25) is 0 Å². The van der Waals surface area contributed by atoms with Gasteiger partial charge in [-0.05, 0) is 19.3 Å². The van der Waals surface area contributed by atoms with Crippen LogP contribution in [0.1, 0.15) is 70.6 Å². The topological polar surface area (TPSA) is 74.2 Å². The summed E-state index contributed by atoms with van der Waals surface area (Å²) in [4.78, 5) is 4.42. The minimum Gasteiger partial charge on any atom is -0.370 e. The Labute approximate surface area is 109 Å². The van der Waals surface area contributed by atoms with Crippen molar-refractivity contribution in [2.75, 3.05) is 7.11 Å². The lowest BCUT2D eigenvalue weighted by Crippen LogP contribution is -2.28. The third-order valence-electron chi connectivity index (χ3n) is 3.57. The molecule has 1 atom stereocenters. The molecule has 1 aromatic rings. The predicted octanol–water partition coefficient (Wildman–Crippen LogP) is 2.92. The first-order valence-electron chi connectivity index (χ1n) is 6.78. The average molecular weight is 255 g/mol. The van der Waals surface area contributed by atoms with Gasteiger partial charge in [-0.2, -0.15) is 4.98 Å². The Morgan fingerprint density at radius 2 is 2.00 bits per heavy atom. The lowest BCUT2D eigenvalue weighted by atomic mass is 9.96. The second-order valence-corrected chi connectivity index (χ2v) is 4.61. The van der Waals surface area contributed by atoms with Crippen molar-refractivity contribution in [3.05, 3.63) is 11.7 Å². The number of unbranched alkanes of at least 4 members (excludes halogenated alkanes) is 1. The van der Waals surface area contributed by atoms with Gasteiger partial charge in [-0.15, -0.1) is 0 Å². The Morgan fingerprint density at radius 3 is 2.50 bits per heavy atom. The zero-order valence-corrected chi connectivity index (χ0v) is 11.9. The van der Waals surface area contributed by atoms with Crippen molar-refractivity contribution in [2.45, 2.75) is 64.5 Å². The van der Waals surface area contributed by atoms with Crippen LogP contribution in [-0.4, -0.2) is 17.3 Å². The van der Waals surface area contributed by atoms with E-state index in [1.54, 1.807) is 7.11 Å². The lowest BCUT2D eigenvalue weighted by molar-refractivity contribution is -0.0306. The summed E-state index contributed by atoms with van der Waals surface area (Å²) in [6.07, 6.45) is 4.67. The second-order valence-electron chi connectivity index (χ2n) is 4.61. The quantitative estimate of drug-likeness (QED) is 0.773. The second kappa shape index (κ2) is 6.85. The molecule has 1 rings (SSSR count). The number of hydrogen-bond acceptors (Lipinski definition) is 5. The van der Waals surface area contributed by atoms with Gasteiger partial charge >= 0.3 is 0 Å². The van der Waals surface area contributed by atoms with Crippen LogP contribution in [0.15, 0.2) is 4.52 Å². The molecule has 0 aliphatic rings. The van der Waals surface area contributed by atoms with Gasteiger partial charge in [0.05, 0.1) is 6.04 Å². The Balaban J connectivity index is 2.84. The highest BCUT2D eigenvalue weighted by Gasteiger charge is 2.34. The first kappa shape index (κ1) is 15.1. The van der Waals surface area contributed by atoms with Gasteiger partial charge in [0.2, 0.25) is 11.7 Å². The van der Waals surface area contributed by atoms with E-state index in [2.05, 4.69) is 30.9 Å². The number of nitrogens with two attached hydrogens (primary N) is 1. The Kier molecular flexibility index (Phi) is 5.75. The zero-order valence-electron chi connectivity index (χ0n) is 11.9. The van der Waals surface area contributed by atoms with Crippen LogP contribution in [0, 0.1) is 0 Å². The molecule has 0 aliphatic heterocycles. The molecule has 0 saturated heterocycles. The fraction of sp³-hybridized carbons (Fsp3) is 0.846. The lowest BCUT2D eigenvalue weighted by Gasteiger charge is -2.25. The molecule has 2 N–H and O–H groups in total. The first-order chi connectivity index (χ1) is 8.63. The van der Waals surface area contributed by atoms with Crippen LogP contribution in [0.3, 0.4) is 0 Å². The third-order valence-corrected chi connectivity index (χ3v) is 3.57. The third kappa shape index (κ3) is 3.09. The van der Waals surface area contributed by atoms with Gasteiger partial charge in [0.15, 0.2) is 0 Å². The minimum absolute atomic E-state index is 0.172. The normalized spacial score (nSPS) is 13.8. The summed E-state index contributed by atoms with van der Waals surface area (Å²) in [6.45, 7) is 6.25. The molecule has 0 saturated carbocycles. The molecule has 0 fully saturated rings. The maximum Gasteiger partial charge on any atom is 0.243 e. The number of hydrogen-bond donors (Lipinski definition) is 1. The van der Waals surface area contributed by atoms with Gasteiger partial charge < -0.3 is 15.0 Å². The van der Waals surface area contributed by atoms with Crippen LogP contribution in [0.4, 0.5) is 0 Å². The standard InChI is InChI=1S/C13H25N3O2/c1-5-8-9-10(14)11-15-12(16-18-11)13(6-2,7-3)17-4/h10H,5-9,14H2,1-4H3/t10-/m0/s1. The first-order valence-corrected chi connectivity index (χ1v) is 6.78. The molecule has 0 bridgehead atoms. The SMILES string of the molecule is CCCC[C@H](N)c1nc(C(CC)(CC)OC)no1. The minimum atomic E-state index is -0.452. The van der Waals surface area contributed by atoms with E-state index in [-0.39, 0.29) is 6.04 Å². The summed E-state index contributed by atoms with van der Waals surface area (Å²) in [6, 6.07) is -0.172. The van der Waals surface area contributed by atoms with E-state index in [1.807, 2.05) is 0 Å². The van der Waals surface area contributed by atoms with Gasteiger partial charge in [0.1, 0.15) is 5.60 Å². The highest BCUT2D eigenvalue weighted by molar-refractivity contribution is 5.02. The van der Waals surface area contributed by atoms with Gasteiger partial charge in [-0.1, -0.05) is 38.8 Å². The van der Waals surface area contributed by atoms with Gasteiger partial charge in [0, 0.05) is 7.11 Å². The van der Waals surface area contributed by atoms with E-state index >= 15 is 0 Å². The molecule has 0 amide bonds. The van der Waals surface area contributed by atoms with Gasteiger partial charge in [-0.25, -0.2) is 0 Å². The van der Waals surface area contributed by atoms with Crippen LogP contribution in [0.2, 0.25) is 0 Å². The molecule has 0 spiro atoms. The molecule has 0 aromatic carbocycles. The number of methoxy groups -OCH3 is 1. The summed E-state index contributed by atoms with van der Waals surface area (Å²) in [5, 5.41) is 4.04. The van der Waals surface area contributed by atoms with E-state index in [0.29, 0.717) is 11.7 Å². The fourth-order valence-corrected chi connectivity index (χ4v) is 2.06. The monoisotopic (exact) mass is 255 g/mol. The molecule has 0 radical (unpaired) electrons. The molecule has 1 heterocycles. The molecule has 0 unspecified atom stereocenters. The van der Waals surface area contributed by atoms with Crippen molar-refractivity contribution in [1.29, 1.82) is 0 Å². The van der Waals surface area contributed by atoms with Crippen LogP contribution >= 0.6 is 0 Å². The summed E-state index contributed by atoms with van der Waals surface area (Å²) in [5.74, 6) is 1.12. The predicted molar refractivity (Wildman–Crippen MR) is 70.0 cm³/mol. The summed E-state index contributed by atoms with van der Waals surface area (Å²) in [5.41, 5.74) is 5.57. The molecule has 5 nitrogen and oxygen atoms in total. The van der Waals surface area contributed by atoms with E-state index < -0.39 is 5.60 Å². The fourth-order valence-electron chi connectivity index (χ4n) is 2.06. The zero-order chi connectivity index (χ0) is 13.6. The molecule has 104 valence electrons. The largest absolute Gasteiger partial charge is 0.370 e. The highest BCUT2D eigenvalue weighted by atomic mass is 16.5. The Bertz CT molecular complexity index is 339. The van der Waals surface area contributed by atoms with Crippen LogP contribution in [-0.2, 0) is 10.3 Å². The van der Waals surface area contributed by atoms with Crippen LogP contribution in [0.5, 0.6) is 0 Å². The molecule has 5 heteroatoms. The van der Waals surface area contributed by atoms with Crippen LogP contribution < -0.4 is 5.73 Å². The maximum absolute atomic E-state index is 6.02. The molecular weight excluding hydrogens is 230 g/mol. The van der Waals surface area contributed by atoms with Crippen LogP contribution in [0.25, 0.3) is 0 Å². The maximum atomic E-state index is 6.02. The molecule has 1 aromatic heterocycles. The average Bonchev–Trinajstić information content (AvgIpc) is 2.89. The summed E-state index contributed by atoms with van der Waals surface area (Å²) < 4.78 is 10.8. The van der Waals surface area contributed by atoms with Gasteiger partial charge in [0.25, 0.3) is 0 Å². The van der Waals surface area contributed by atoms with E-state index in [1.165, 1.54) is 0 Å². The Hall–Kier alpha value is -0.940. The number of nitrogens with zero attached hydrogens (tertiary/aromatic N) is 2.